The second kappa shape index (κ2) is 8.75. The highest BCUT2D eigenvalue weighted by molar-refractivity contribution is 7.92. The van der Waals surface area contributed by atoms with Gasteiger partial charge in [-0.3, -0.25) is 9.52 Å². The number of piperidine rings is 1. The van der Waals surface area contributed by atoms with Crippen LogP contribution < -0.4 is 14.9 Å². The lowest BCUT2D eigenvalue weighted by Gasteiger charge is -2.29. The van der Waals surface area contributed by atoms with Gasteiger partial charge >= 0.3 is 0 Å². The van der Waals surface area contributed by atoms with Crippen LogP contribution >= 0.6 is 0 Å². The minimum absolute atomic E-state index is 0.0758. The van der Waals surface area contributed by atoms with Gasteiger partial charge in [0.25, 0.3) is 15.9 Å². The van der Waals surface area contributed by atoms with Crippen molar-refractivity contribution in [1.29, 1.82) is 0 Å². The van der Waals surface area contributed by atoms with Crippen LogP contribution in [-0.4, -0.2) is 40.0 Å². The van der Waals surface area contributed by atoms with Gasteiger partial charge in [-0.1, -0.05) is 18.2 Å². The molecule has 2 aromatic rings. The lowest BCUT2D eigenvalue weighted by Crippen LogP contribution is -3.13. The van der Waals surface area contributed by atoms with E-state index in [4.69, 9.17) is 0 Å². The van der Waals surface area contributed by atoms with Crippen LogP contribution in [0.3, 0.4) is 0 Å². The molecule has 0 aliphatic carbocycles. The predicted octanol–water partition coefficient (Wildman–Crippen LogP) is 1.59. The Bertz CT molecular complexity index is 935. The molecule has 150 valence electrons. The van der Waals surface area contributed by atoms with E-state index < -0.39 is 10.0 Å². The van der Waals surface area contributed by atoms with E-state index in [2.05, 4.69) is 17.0 Å². The summed E-state index contributed by atoms with van der Waals surface area (Å²) in [6.45, 7) is 7.28. The fourth-order valence-corrected chi connectivity index (χ4v) is 4.61. The quantitative estimate of drug-likeness (QED) is 0.687. The number of rotatable bonds is 6. The fourth-order valence-electron chi connectivity index (χ4n) is 3.52. The van der Waals surface area contributed by atoms with Crippen LogP contribution in [0.5, 0.6) is 0 Å². The Morgan fingerprint density at radius 3 is 2.50 bits per heavy atom. The Labute approximate surface area is 167 Å². The molecule has 1 aliphatic rings. The normalized spacial score (nSPS) is 19.8. The van der Waals surface area contributed by atoms with Crippen LogP contribution in [0.4, 0.5) is 5.69 Å². The standard InChI is InChI=1S/C21H27N3O3S/c1-3-24-12-10-18(11-13-24)22-21(25)17-7-5-9-20(15-17)28(26,27)23-19-8-4-6-16(2)14-19/h4-9,14-15,18,23H,3,10-13H2,1-2H3,(H,22,25)/p+1. The van der Waals surface area contributed by atoms with E-state index in [0.29, 0.717) is 11.3 Å². The molecular weight excluding hydrogens is 374 g/mol. The summed E-state index contributed by atoms with van der Waals surface area (Å²) in [7, 11) is -3.76. The van der Waals surface area contributed by atoms with E-state index in [1.807, 2.05) is 13.0 Å². The summed E-state index contributed by atoms with van der Waals surface area (Å²) >= 11 is 0. The molecule has 1 amide bonds. The minimum Gasteiger partial charge on any atom is -0.349 e. The number of hydrogen-bond acceptors (Lipinski definition) is 3. The third-order valence-corrected chi connectivity index (χ3v) is 6.58. The van der Waals surface area contributed by atoms with Crippen LogP contribution in [0.25, 0.3) is 0 Å². The van der Waals surface area contributed by atoms with Gasteiger partial charge < -0.3 is 10.2 Å². The molecule has 1 fully saturated rings. The number of amides is 1. The van der Waals surface area contributed by atoms with Gasteiger partial charge in [0, 0.05) is 30.1 Å². The summed E-state index contributed by atoms with van der Waals surface area (Å²) in [5.41, 5.74) is 1.82. The molecule has 2 aromatic carbocycles. The molecule has 0 atom stereocenters. The van der Waals surface area contributed by atoms with Crippen LogP contribution in [-0.2, 0) is 10.0 Å². The third-order valence-electron chi connectivity index (χ3n) is 5.20. The summed E-state index contributed by atoms with van der Waals surface area (Å²) in [5, 5.41) is 3.05. The molecule has 0 saturated carbocycles. The number of sulfonamides is 1. The van der Waals surface area contributed by atoms with E-state index in [0.717, 1.165) is 38.0 Å². The van der Waals surface area contributed by atoms with E-state index in [-0.39, 0.29) is 16.8 Å². The van der Waals surface area contributed by atoms with Gasteiger partial charge in [0.05, 0.1) is 24.5 Å². The first-order valence-corrected chi connectivity index (χ1v) is 11.2. The Kier molecular flexibility index (Phi) is 6.36. The number of carbonyl (C=O) groups excluding carboxylic acids is 1. The van der Waals surface area contributed by atoms with Gasteiger partial charge in [-0.05, 0) is 49.7 Å². The van der Waals surface area contributed by atoms with E-state index in [9.17, 15) is 13.2 Å². The minimum atomic E-state index is -3.76. The average molecular weight is 403 g/mol. The number of quaternary nitrogens is 1. The molecule has 0 bridgehead atoms. The molecule has 3 N–H and O–H groups in total. The number of likely N-dealkylation sites (tertiary alicyclic amines) is 1. The van der Waals surface area contributed by atoms with Crippen molar-refractivity contribution in [3.05, 3.63) is 59.7 Å². The Morgan fingerprint density at radius 1 is 1.11 bits per heavy atom. The SMILES string of the molecule is CC[NH+]1CCC(NC(=O)c2cccc(S(=O)(=O)Nc3cccc(C)c3)c2)CC1. The van der Waals surface area contributed by atoms with Crippen molar-refractivity contribution < 1.29 is 18.1 Å². The van der Waals surface area contributed by atoms with Gasteiger partial charge in [0.2, 0.25) is 0 Å². The molecule has 28 heavy (non-hydrogen) atoms. The van der Waals surface area contributed by atoms with Crippen molar-refractivity contribution in [2.24, 2.45) is 0 Å². The van der Waals surface area contributed by atoms with Gasteiger partial charge in [0.15, 0.2) is 0 Å². The first-order chi connectivity index (χ1) is 13.4. The Hall–Kier alpha value is -2.38. The second-order valence-electron chi connectivity index (χ2n) is 7.35. The van der Waals surface area contributed by atoms with Crippen molar-refractivity contribution in [3.63, 3.8) is 0 Å². The average Bonchev–Trinajstić information content (AvgIpc) is 2.68. The highest BCUT2D eigenvalue weighted by Crippen LogP contribution is 2.18. The number of nitrogens with one attached hydrogen (secondary N) is 3. The maximum atomic E-state index is 12.7. The number of hydrogen-bond donors (Lipinski definition) is 3. The van der Waals surface area contributed by atoms with Gasteiger partial charge in [-0.2, -0.15) is 0 Å². The summed E-state index contributed by atoms with van der Waals surface area (Å²) < 4.78 is 28.0. The number of benzene rings is 2. The molecule has 1 aliphatic heterocycles. The number of aryl methyl sites for hydroxylation is 1. The Balaban J connectivity index is 1.70. The van der Waals surface area contributed by atoms with Crippen LogP contribution in [0.2, 0.25) is 0 Å². The molecule has 0 aromatic heterocycles. The van der Waals surface area contributed by atoms with Gasteiger partial charge in [-0.25, -0.2) is 8.42 Å². The zero-order valence-electron chi connectivity index (χ0n) is 16.4. The predicted molar refractivity (Wildman–Crippen MR) is 110 cm³/mol. The molecule has 3 rings (SSSR count). The maximum absolute atomic E-state index is 12.7. The van der Waals surface area contributed by atoms with Crippen molar-refractivity contribution in [2.75, 3.05) is 24.4 Å². The lowest BCUT2D eigenvalue weighted by atomic mass is 10.0. The molecule has 6 nitrogen and oxygen atoms in total. The summed E-state index contributed by atoms with van der Waals surface area (Å²) in [6, 6.07) is 13.5. The summed E-state index contributed by atoms with van der Waals surface area (Å²) in [4.78, 5) is 14.2. The summed E-state index contributed by atoms with van der Waals surface area (Å²) in [5.74, 6) is -0.224. The topological polar surface area (TPSA) is 79.7 Å². The van der Waals surface area contributed by atoms with Crippen molar-refractivity contribution in [1.82, 2.24) is 5.32 Å². The molecule has 0 unspecified atom stereocenters. The van der Waals surface area contributed by atoms with Crippen LogP contribution in [0.1, 0.15) is 35.7 Å². The molecule has 1 saturated heterocycles. The molecule has 0 radical (unpaired) electrons. The van der Waals surface area contributed by atoms with Crippen LogP contribution in [0.15, 0.2) is 53.4 Å². The molecular formula is C21H28N3O3S+. The lowest BCUT2D eigenvalue weighted by molar-refractivity contribution is -0.903. The fraction of sp³-hybridized carbons (Fsp3) is 0.381. The zero-order valence-corrected chi connectivity index (χ0v) is 17.2. The van der Waals surface area contributed by atoms with E-state index in [1.165, 1.54) is 12.1 Å². The van der Waals surface area contributed by atoms with Gasteiger partial charge in [0.1, 0.15) is 0 Å². The van der Waals surface area contributed by atoms with E-state index >= 15 is 0 Å². The largest absolute Gasteiger partial charge is 0.349 e. The smallest absolute Gasteiger partial charge is 0.261 e. The highest BCUT2D eigenvalue weighted by Gasteiger charge is 2.23. The van der Waals surface area contributed by atoms with Gasteiger partial charge in [-0.15, -0.1) is 0 Å². The van der Waals surface area contributed by atoms with Crippen molar-refractivity contribution in [2.45, 2.75) is 37.6 Å². The van der Waals surface area contributed by atoms with Crippen molar-refractivity contribution >= 4 is 21.6 Å². The van der Waals surface area contributed by atoms with Crippen molar-refractivity contribution in [3.8, 4) is 0 Å². The molecule has 7 heteroatoms. The zero-order chi connectivity index (χ0) is 20.1. The monoisotopic (exact) mass is 402 g/mol. The van der Waals surface area contributed by atoms with E-state index in [1.54, 1.807) is 35.2 Å². The molecule has 1 heterocycles. The number of anilines is 1. The highest BCUT2D eigenvalue weighted by atomic mass is 32.2. The first kappa shape index (κ1) is 20.4. The third kappa shape index (κ3) is 5.11. The Morgan fingerprint density at radius 2 is 1.82 bits per heavy atom. The second-order valence-corrected chi connectivity index (χ2v) is 9.04. The summed E-state index contributed by atoms with van der Waals surface area (Å²) in [6.07, 6.45) is 1.89. The first-order valence-electron chi connectivity index (χ1n) is 9.71. The number of carbonyl (C=O) groups is 1. The molecule has 0 spiro atoms. The van der Waals surface area contributed by atoms with Crippen LogP contribution in [0, 0.1) is 6.92 Å². The maximum Gasteiger partial charge on any atom is 0.261 e.